The number of halogens is 1. The van der Waals surface area contributed by atoms with Crippen LogP contribution in [0.15, 0.2) is 30.3 Å². The Kier molecular flexibility index (Phi) is 4.90. The molecule has 0 spiro atoms. The normalized spacial score (nSPS) is 12.6. The van der Waals surface area contributed by atoms with Crippen LogP contribution in [0, 0.1) is 5.82 Å². The van der Waals surface area contributed by atoms with Crippen molar-refractivity contribution in [1.82, 2.24) is 15.1 Å². The van der Waals surface area contributed by atoms with Gasteiger partial charge in [0.25, 0.3) is 0 Å². The molecule has 20 heavy (non-hydrogen) atoms. The number of nitrogens with zero attached hydrogens (tertiary/aromatic N) is 2. The van der Waals surface area contributed by atoms with E-state index < -0.39 is 0 Å². The van der Waals surface area contributed by atoms with Crippen LogP contribution >= 0.6 is 0 Å². The van der Waals surface area contributed by atoms with E-state index >= 15 is 0 Å². The lowest BCUT2D eigenvalue weighted by atomic mass is 10.0. The maximum Gasteiger partial charge on any atom is 0.123 e. The SMILES string of the molecule is CCc1cc(C(Cc2cccc(F)c2)NC)n(CC)n1. The molecule has 1 atom stereocenters. The maximum absolute atomic E-state index is 13.3. The van der Waals surface area contributed by atoms with Crippen molar-refractivity contribution in [3.8, 4) is 0 Å². The average molecular weight is 275 g/mol. The van der Waals surface area contributed by atoms with Gasteiger partial charge in [0.05, 0.1) is 17.4 Å². The lowest BCUT2D eigenvalue weighted by Crippen LogP contribution is -2.22. The van der Waals surface area contributed by atoms with Gasteiger partial charge in [-0.1, -0.05) is 19.1 Å². The van der Waals surface area contributed by atoms with Gasteiger partial charge in [-0.15, -0.1) is 0 Å². The predicted octanol–water partition coefficient (Wildman–Crippen LogP) is 3.11. The highest BCUT2D eigenvalue weighted by molar-refractivity contribution is 5.22. The Hall–Kier alpha value is -1.68. The summed E-state index contributed by atoms with van der Waals surface area (Å²) in [6.07, 6.45) is 1.68. The van der Waals surface area contributed by atoms with Crippen LogP contribution in [0.5, 0.6) is 0 Å². The molecule has 0 aliphatic rings. The number of aromatic nitrogens is 2. The minimum absolute atomic E-state index is 0.143. The molecular formula is C16H22FN3. The van der Waals surface area contributed by atoms with Crippen LogP contribution < -0.4 is 5.32 Å². The molecule has 0 aliphatic carbocycles. The van der Waals surface area contributed by atoms with Gasteiger partial charge in [-0.25, -0.2) is 4.39 Å². The monoisotopic (exact) mass is 275 g/mol. The summed E-state index contributed by atoms with van der Waals surface area (Å²) in [5.74, 6) is -0.185. The highest BCUT2D eigenvalue weighted by Gasteiger charge is 2.16. The minimum Gasteiger partial charge on any atom is -0.311 e. The molecule has 0 bridgehead atoms. The molecule has 0 radical (unpaired) electrons. The number of likely N-dealkylation sites (N-methyl/N-ethyl adjacent to an activating group) is 1. The fourth-order valence-corrected chi connectivity index (χ4v) is 2.45. The van der Waals surface area contributed by atoms with Crippen LogP contribution in [0.1, 0.15) is 36.8 Å². The van der Waals surface area contributed by atoms with Crippen LogP contribution in [0.4, 0.5) is 4.39 Å². The number of nitrogens with one attached hydrogen (secondary N) is 1. The second kappa shape index (κ2) is 6.66. The van der Waals surface area contributed by atoms with Gasteiger partial charge < -0.3 is 5.32 Å². The molecule has 2 rings (SSSR count). The van der Waals surface area contributed by atoms with E-state index in [4.69, 9.17) is 0 Å². The molecule has 1 heterocycles. The Labute approximate surface area is 119 Å². The van der Waals surface area contributed by atoms with E-state index in [1.54, 1.807) is 12.1 Å². The zero-order valence-electron chi connectivity index (χ0n) is 12.4. The zero-order chi connectivity index (χ0) is 14.5. The topological polar surface area (TPSA) is 29.9 Å². The van der Waals surface area contributed by atoms with Gasteiger partial charge in [0, 0.05) is 6.54 Å². The van der Waals surface area contributed by atoms with Crippen molar-refractivity contribution >= 4 is 0 Å². The van der Waals surface area contributed by atoms with E-state index in [-0.39, 0.29) is 11.9 Å². The fraction of sp³-hybridized carbons (Fsp3) is 0.438. The van der Waals surface area contributed by atoms with E-state index in [1.807, 2.05) is 17.8 Å². The number of benzene rings is 1. The highest BCUT2D eigenvalue weighted by Crippen LogP contribution is 2.20. The first kappa shape index (κ1) is 14.7. The third-order valence-electron chi connectivity index (χ3n) is 3.56. The van der Waals surface area contributed by atoms with Gasteiger partial charge in [-0.3, -0.25) is 4.68 Å². The summed E-state index contributed by atoms with van der Waals surface area (Å²) >= 11 is 0. The summed E-state index contributed by atoms with van der Waals surface area (Å²) in [6, 6.07) is 9.07. The molecule has 0 fully saturated rings. The maximum atomic E-state index is 13.3. The molecule has 2 aromatic rings. The molecule has 0 saturated carbocycles. The van der Waals surface area contributed by atoms with Crippen molar-refractivity contribution in [3.05, 3.63) is 53.1 Å². The number of rotatable bonds is 6. The quantitative estimate of drug-likeness (QED) is 0.878. The largest absolute Gasteiger partial charge is 0.311 e. The van der Waals surface area contributed by atoms with Gasteiger partial charge in [0.1, 0.15) is 5.82 Å². The van der Waals surface area contributed by atoms with E-state index in [9.17, 15) is 4.39 Å². The summed E-state index contributed by atoms with van der Waals surface area (Å²) < 4.78 is 15.3. The van der Waals surface area contributed by atoms with Gasteiger partial charge >= 0.3 is 0 Å². The number of aryl methyl sites for hydroxylation is 2. The fourth-order valence-electron chi connectivity index (χ4n) is 2.45. The lowest BCUT2D eigenvalue weighted by Gasteiger charge is -2.17. The summed E-state index contributed by atoms with van der Waals surface area (Å²) in [7, 11) is 1.93. The smallest absolute Gasteiger partial charge is 0.123 e. The third kappa shape index (κ3) is 3.25. The summed E-state index contributed by atoms with van der Waals surface area (Å²) in [5, 5.41) is 7.89. The standard InChI is InChI=1S/C16H22FN3/c1-4-14-11-16(20(5-2)19-14)15(18-3)10-12-7-6-8-13(17)9-12/h6-9,11,15,18H,4-5,10H2,1-3H3. The van der Waals surface area contributed by atoms with E-state index in [0.717, 1.165) is 36.3 Å². The van der Waals surface area contributed by atoms with Crippen LogP contribution in [0.3, 0.4) is 0 Å². The van der Waals surface area contributed by atoms with Crippen molar-refractivity contribution in [2.75, 3.05) is 7.05 Å². The lowest BCUT2D eigenvalue weighted by molar-refractivity contribution is 0.511. The molecule has 1 N–H and O–H groups in total. The van der Waals surface area contributed by atoms with E-state index in [2.05, 4.69) is 30.3 Å². The number of hydrogen-bond acceptors (Lipinski definition) is 2. The van der Waals surface area contributed by atoms with E-state index in [0.29, 0.717) is 0 Å². The van der Waals surface area contributed by atoms with Gasteiger partial charge in [-0.2, -0.15) is 5.10 Å². The Bertz CT molecular complexity index is 563. The molecule has 1 aromatic carbocycles. The number of hydrogen-bond donors (Lipinski definition) is 1. The Morgan fingerprint density at radius 2 is 2.10 bits per heavy atom. The average Bonchev–Trinajstić information content (AvgIpc) is 2.88. The first-order valence-electron chi connectivity index (χ1n) is 7.16. The van der Waals surface area contributed by atoms with Crippen LogP contribution in [-0.4, -0.2) is 16.8 Å². The molecule has 0 saturated heterocycles. The highest BCUT2D eigenvalue weighted by atomic mass is 19.1. The second-order valence-electron chi connectivity index (χ2n) is 4.91. The van der Waals surface area contributed by atoms with Crippen molar-refractivity contribution < 1.29 is 4.39 Å². The zero-order valence-corrected chi connectivity index (χ0v) is 12.4. The molecule has 0 amide bonds. The van der Waals surface area contributed by atoms with Crippen molar-refractivity contribution in [1.29, 1.82) is 0 Å². The van der Waals surface area contributed by atoms with Gasteiger partial charge in [0.15, 0.2) is 0 Å². The van der Waals surface area contributed by atoms with Crippen molar-refractivity contribution in [2.45, 2.75) is 39.3 Å². The van der Waals surface area contributed by atoms with Crippen molar-refractivity contribution in [2.24, 2.45) is 0 Å². The molecule has 4 heteroatoms. The Morgan fingerprint density at radius 3 is 2.70 bits per heavy atom. The molecular weight excluding hydrogens is 253 g/mol. The van der Waals surface area contributed by atoms with Crippen LogP contribution in [0.2, 0.25) is 0 Å². The molecule has 0 aliphatic heterocycles. The van der Waals surface area contributed by atoms with Crippen molar-refractivity contribution in [3.63, 3.8) is 0 Å². The first-order chi connectivity index (χ1) is 9.67. The van der Waals surface area contributed by atoms with Crippen LogP contribution in [-0.2, 0) is 19.4 Å². The van der Waals surface area contributed by atoms with Gasteiger partial charge in [-0.05, 0) is 50.6 Å². The summed E-state index contributed by atoms with van der Waals surface area (Å²) in [4.78, 5) is 0. The Morgan fingerprint density at radius 1 is 1.30 bits per heavy atom. The third-order valence-corrected chi connectivity index (χ3v) is 3.56. The van der Waals surface area contributed by atoms with Gasteiger partial charge in [0.2, 0.25) is 0 Å². The summed E-state index contributed by atoms with van der Waals surface area (Å²) in [6.45, 7) is 5.04. The molecule has 108 valence electrons. The first-order valence-corrected chi connectivity index (χ1v) is 7.16. The van der Waals surface area contributed by atoms with E-state index in [1.165, 1.54) is 6.07 Å². The second-order valence-corrected chi connectivity index (χ2v) is 4.91. The predicted molar refractivity (Wildman–Crippen MR) is 79.2 cm³/mol. The minimum atomic E-state index is -0.185. The molecule has 3 nitrogen and oxygen atoms in total. The Balaban J connectivity index is 2.25. The van der Waals surface area contributed by atoms with Crippen LogP contribution in [0.25, 0.3) is 0 Å². The molecule has 1 aromatic heterocycles. The summed E-state index contributed by atoms with van der Waals surface area (Å²) in [5.41, 5.74) is 3.25. The molecule has 1 unspecified atom stereocenters.